The van der Waals surface area contributed by atoms with E-state index in [0.29, 0.717) is 11.8 Å². The highest BCUT2D eigenvalue weighted by Crippen LogP contribution is 2.61. The summed E-state index contributed by atoms with van der Waals surface area (Å²) in [5, 5.41) is 74.6. The number of aromatic nitrogens is 4. The van der Waals surface area contributed by atoms with Crippen LogP contribution >= 0.6 is 35.2 Å². The van der Waals surface area contributed by atoms with Crippen molar-refractivity contribution in [3.05, 3.63) is 12.7 Å². The summed E-state index contributed by atoms with van der Waals surface area (Å²) in [4.78, 5) is 88.4. The molecule has 0 saturated carbocycles. The third-order valence-corrected chi connectivity index (χ3v) is 13.3. The second-order valence-corrected chi connectivity index (χ2v) is 19.9. The smallest absolute Gasteiger partial charge is 0.394 e. The summed E-state index contributed by atoms with van der Waals surface area (Å²) in [6, 6.07) is 0. The number of ether oxygens (including phenoxy) is 2. The minimum Gasteiger partial charge on any atom is -0.394 e. The predicted molar refractivity (Wildman–Crippen MR) is 207 cm³/mol. The summed E-state index contributed by atoms with van der Waals surface area (Å²) < 4.78 is 67.2. The molecule has 2 aliphatic rings. The van der Waals surface area contributed by atoms with Gasteiger partial charge in [-0.05, 0) is 0 Å². The number of nitrogens with two attached hydrogens (primary N) is 1. The molecule has 12 atom stereocenters. The lowest BCUT2D eigenvalue weighted by atomic mass is 9.87. The van der Waals surface area contributed by atoms with Crippen LogP contribution in [0.4, 0.5) is 5.82 Å². The molecule has 4 rings (SSSR count). The molecule has 2 aliphatic heterocycles. The monoisotopic (exact) mass is 987 g/mol. The minimum absolute atomic E-state index is 0.00462. The number of imidazole rings is 1. The molecular formula is C29H48N7O23P3S. The van der Waals surface area contributed by atoms with E-state index in [1.807, 2.05) is 0 Å². The quantitative estimate of drug-likeness (QED) is 0.0389. The number of anilines is 1. The van der Waals surface area contributed by atoms with Crippen LogP contribution in [0.5, 0.6) is 0 Å². The molecule has 2 fully saturated rings. The van der Waals surface area contributed by atoms with E-state index in [1.165, 1.54) is 13.8 Å². The third-order valence-electron chi connectivity index (χ3n) is 9.17. The summed E-state index contributed by atoms with van der Waals surface area (Å²) in [5.74, 6) is -4.53. The Morgan fingerprint density at radius 2 is 1.70 bits per heavy atom. The molecule has 0 bridgehead atoms. The number of hydrogen-bond donors (Lipinski definition) is 14. The Hall–Kier alpha value is -2.68. The van der Waals surface area contributed by atoms with Crippen molar-refractivity contribution in [3.63, 3.8) is 0 Å². The number of nitrogens with one attached hydrogen (secondary N) is 2. The van der Waals surface area contributed by atoms with E-state index in [9.17, 15) is 78.3 Å². The third kappa shape index (κ3) is 14.2. The molecular weight excluding hydrogens is 939 g/mol. The van der Waals surface area contributed by atoms with Gasteiger partial charge in [0, 0.05) is 37.1 Å². The minimum atomic E-state index is -5.63. The molecule has 2 saturated heterocycles. The van der Waals surface area contributed by atoms with Crippen LogP contribution in [-0.2, 0) is 55.4 Å². The van der Waals surface area contributed by atoms with E-state index in [0.717, 1.165) is 17.2 Å². The number of thioether (sulfide) groups is 1. The molecule has 0 aromatic carbocycles. The van der Waals surface area contributed by atoms with Crippen molar-refractivity contribution in [1.82, 2.24) is 30.2 Å². The summed E-state index contributed by atoms with van der Waals surface area (Å²) in [6.07, 6.45) is -14.9. The largest absolute Gasteiger partial charge is 0.481 e. The fourth-order valence-electron chi connectivity index (χ4n) is 5.89. The molecule has 358 valence electrons. The Morgan fingerprint density at radius 3 is 2.35 bits per heavy atom. The van der Waals surface area contributed by atoms with Gasteiger partial charge in [-0.2, -0.15) is 4.31 Å². The molecule has 0 spiro atoms. The van der Waals surface area contributed by atoms with Crippen LogP contribution < -0.4 is 16.4 Å². The number of phosphoric acid groups is 3. The zero-order chi connectivity index (χ0) is 47.3. The van der Waals surface area contributed by atoms with Crippen LogP contribution in [0.1, 0.15) is 32.9 Å². The maximum Gasteiger partial charge on any atom is 0.481 e. The van der Waals surface area contributed by atoms with Gasteiger partial charge in [0.1, 0.15) is 54.6 Å². The van der Waals surface area contributed by atoms with Crippen LogP contribution in [0, 0.1) is 5.41 Å². The summed E-state index contributed by atoms with van der Waals surface area (Å²) in [7, 11) is -16.6. The van der Waals surface area contributed by atoms with Gasteiger partial charge in [-0.15, -0.1) is 0 Å². The van der Waals surface area contributed by atoms with Gasteiger partial charge in [-0.1, -0.05) is 25.6 Å². The number of carbonyl (C=O) groups excluding carboxylic acids is 3. The first-order valence-corrected chi connectivity index (χ1v) is 23.7. The number of phosphoric ester groups is 3. The van der Waals surface area contributed by atoms with Crippen molar-refractivity contribution >= 4 is 69.1 Å². The molecule has 2 amide bonds. The second-order valence-electron chi connectivity index (χ2n) is 14.6. The molecule has 34 heteroatoms. The van der Waals surface area contributed by atoms with Crippen molar-refractivity contribution in [1.29, 1.82) is 0 Å². The van der Waals surface area contributed by atoms with Gasteiger partial charge in [-0.25, -0.2) is 28.6 Å². The van der Waals surface area contributed by atoms with Crippen molar-refractivity contribution in [2.45, 2.75) is 87.5 Å². The molecule has 63 heavy (non-hydrogen) atoms. The van der Waals surface area contributed by atoms with E-state index >= 15 is 0 Å². The number of amides is 2. The van der Waals surface area contributed by atoms with Gasteiger partial charge in [0.05, 0.1) is 32.3 Å². The zero-order valence-corrected chi connectivity index (χ0v) is 36.4. The predicted octanol–water partition coefficient (Wildman–Crippen LogP) is -4.78. The van der Waals surface area contributed by atoms with E-state index in [-0.39, 0.29) is 42.2 Å². The number of carbonyl (C=O) groups is 3. The first-order valence-electron chi connectivity index (χ1n) is 18.2. The lowest BCUT2D eigenvalue weighted by Crippen LogP contribution is -2.61. The zero-order valence-electron chi connectivity index (χ0n) is 32.9. The van der Waals surface area contributed by atoms with Gasteiger partial charge in [0.25, 0.3) is 0 Å². The topological polar surface area (TPSA) is 474 Å². The van der Waals surface area contributed by atoms with Crippen molar-refractivity contribution < 1.29 is 111 Å². The number of aliphatic hydroxyl groups excluding tert-OH is 6. The number of nitrogen functional groups attached to an aromatic ring is 1. The summed E-state index contributed by atoms with van der Waals surface area (Å²) in [5.41, 5.74) is 4.12. The van der Waals surface area contributed by atoms with Crippen LogP contribution in [0.15, 0.2) is 12.7 Å². The molecule has 0 radical (unpaired) electrons. The lowest BCUT2D eigenvalue weighted by molar-refractivity contribution is -0.297. The Balaban J connectivity index is 1.21. The van der Waals surface area contributed by atoms with Crippen LogP contribution in [-0.4, -0.2) is 185 Å². The maximum atomic E-state index is 12.7. The molecule has 0 aliphatic carbocycles. The highest BCUT2D eigenvalue weighted by Gasteiger charge is 2.52. The van der Waals surface area contributed by atoms with Crippen LogP contribution in [0.2, 0.25) is 0 Å². The average molecular weight is 988 g/mol. The van der Waals surface area contributed by atoms with Gasteiger partial charge >= 0.3 is 23.5 Å². The van der Waals surface area contributed by atoms with E-state index in [4.69, 9.17) is 29.4 Å². The first-order chi connectivity index (χ1) is 29.1. The Kier molecular flexibility index (Phi) is 17.9. The molecule has 2 aromatic heterocycles. The summed E-state index contributed by atoms with van der Waals surface area (Å²) >= 11 is 0.488. The van der Waals surface area contributed by atoms with Gasteiger partial charge in [0.15, 0.2) is 17.7 Å². The Bertz CT molecular complexity index is 2080. The second kappa shape index (κ2) is 21.3. The maximum absolute atomic E-state index is 12.7. The molecule has 2 aromatic rings. The fourth-order valence-corrected chi connectivity index (χ4v) is 9.47. The molecule has 4 heterocycles. The van der Waals surface area contributed by atoms with Gasteiger partial charge < -0.3 is 81.2 Å². The normalized spacial score (nSPS) is 28.5. The number of nitrogens with zero attached hydrogens (tertiary/aromatic N) is 4. The Morgan fingerprint density at radius 1 is 1.03 bits per heavy atom. The lowest BCUT2D eigenvalue weighted by Gasteiger charge is -2.42. The van der Waals surface area contributed by atoms with E-state index in [1.54, 1.807) is 0 Å². The molecule has 30 nitrogen and oxygen atoms in total. The van der Waals surface area contributed by atoms with Crippen LogP contribution in [0.3, 0.4) is 0 Å². The molecule has 12 unspecified atom stereocenters. The fraction of sp³-hybridized carbons (Fsp3) is 0.724. The van der Waals surface area contributed by atoms with Crippen LogP contribution in [0.25, 0.3) is 11.2 Å². The van der Waals surface area contributed by atoms with E-state index in [2.05, 4.69) is 34.4 Å². The van der Waals surface area contributed by atoms with Crippen molar-refractivity contribution in [2.75, 3.05) is 44.4 Å². The Labute approximate surface area is 359 Å². The standard InChI is InChI=1S/C29H48N7O23P3S/c1-28(2,22(43)25(44)32-4-3-16(40)31-5-6-63-27(45)29(46)7-13(38)18(41)20(57-29)14(39)8-37)10-55-62(52,53)59-61(50,51)54-9-15-21(58-60(47,48)49)19(42)26(56-15)36-12-35-17-23(30)33-11-34-24(17)36/h11-15,18-22,26,37-39,41-43,46H,3-10H2,1-2H3,(H,31,40)(H,32,44)(H,50,51)(H,52,53)(H2,30,33,34)(H2,47,48,49). The SMILES string of the molecule is CC(C)(COP(=O)(O)OP(=O)(O)OCC1OC(n2cnc3c(N)ncnc32)C(O)C1OP(=O)(O)O)C(O)C(=O)NCCC(=O)NCCSC(=O)C1(O)CC(O)C(O)C(C(O)CO)O1. The average Bonchev–Trinajstić information content (AvgIpc) is 3.75. The molecule has 15 N–H and O–H groups in total. The first kappa shape index (κ1) is 52.9. The number of fused-ring (bicyclic) bond motifs is 1. The highest BCUT2D eigenvalue weighted by molar-refractivity contribution is 8.13. The summed E-state index contributed by atoms with van der Waals surface area (Å²) in [6.45, 7) is -1.14. The number of hydrogen-bond acceptors (Lipinski definition) is 24. The van der Waals surface area contributed by atoms with Gasteiger partial charge in [-0.3, -0.25) is 32.5 Å². The van der Waals surface area contributed by atoms with Crippen molar-refractivity contribution in [2.24, 2.45) is 5.41 Å². The highest BCUT2D eigenvalue weighted by atomic mass is 32.2. The number of rotatable bonds is 22. The van der Waals surface area contributed by atoms with E-state index < -0.39 is 133 Å². The van der Waals surface area contributed by atoms with Gasteiger partial charge in [0.2, 0.25) is 22.7 Å². The number of aliphatic hydroxyl groups is 7. The van der Waals surface area contributed by atoms with Crippen molar-refractivity contribution in [3.8, 4) is 0 Å².